The second-order valence-corrected chi connectivity index (χ2v) is 5.89. The summed E-state index contributed by atoms with van der Waals surface area (Å²) in [6.07, 6.45) is 0.704. The molecule has 0 bridgehead atoms. The number of ether oxygens (including phenoxy) is 1. The lowest BCUT2D eigenvalue weighted by Crippen LogP contribution is -2.39. The maximum absolute atomic E-state index is 11.6. The van der Waals surface area contributed by atoms with Gasteiger partial charge in [-0.15, -0.1) is 0 Å². The average molecular weight is 272 g/mol. The molecular formula is C13H24N2O4. The van der Waals surface area contributed by atoms with Gasteiger partial charge in [0.15, 0.2) is 6.10 Å². The highest BCUT2D eigenvalue weighted by atomic mass is 16.5. The van der Waals surface area contributed by atoms with Gasteiger partial charge in [0.2, 0.25) is 5.91 Å². The molecule has 3 N–H and O–H groups in total. The van der Waals surface area contributed by atoms with E-state index in [-0.39, 0.29) is 17.6 Å². The van der Waals surface area contributed by atoms with Gasteiger partial charge in [0.1, 0.15) is 0 Å². The Hall–Kier alpha value is -1.14. The summed E-state index contributed by atoms with van der Waals surface area (Å²) in [4.78, 5) is 22.3. The highest BCUT2D eigenvalue weighted by Crippen LogP contribution is 2.19. The molecule has 0 aliphatic carbocycles. The van der Waals surface area contributed by atoms with Crippen molar-refractivity contribution in [3.05, 3.63) is 0 Å². The number of carboxylic acid groups (broad SMARTS) is 1. The molecule has 6 heteroatoms. The Kier molecular flexibility index (Phi) is 5.75. The third kappa shape index (κ3) is 6.54. The van der Waals surface area contributed by atoms with Crippen molar-refractivity contribution in [1.29, 1.82) is 0 Å². The Morgan fingerprint density at radius 1 is 1.32 bits per heavy atom. The first-order valence-corrected chi connectivity index (χ1v) is 6.68. The molecule has 0 aromatic heterocycles. The van der Waals surface area contributed by atoms with Crippen LogP contribution < -0.4 is 10.6 Å². The molecule has 6 nitrogen and oxygen atoms in total. The van der Waals surface area contributed by atoms with Gasteiger partial charge in [0, 0.05) is 25.0 Å². The summed E-state index contributed by atoms with van der Waals surface area (Å²) in [6, 6.07) is 0. The van der Waals surface area contributed by atoms with Crippen molar-refractivity contribution in [2.75, 3.05) is 13.1 Å². The Labute approximate surface area is 113 Å². The maximum Gasteiger partial charge on any atom is 0.332 e. The molecule has 1 saturated heterocycles. The molecule has 110 valence electrons. The Morgan fingerprint density at radius 2 is 2.00 bits per heavy atom. The second-order valence-electron chi connectivity index (χ2n) is 5.89. The van der Waals surface area contributed by atoms with Crippen LogP contribution in [0.5, 0.6) is 0 Å². The van der Waals surface area contributed by atoms with E-state index < -0.39 is 12.1 Å². The standard InChI is InChI=1S/C13H24N2O4/c1-13(2,3)15-7-6-11(16)14-8-9-4-5-10(19-9)12(17)18/h9-10,15H,4-8H2,1-3H3,(H,14,16)(H,17,18). The third-order valence-corrected chi connectivity index (χ3v) is 2.92. The van der Waals surface area contributed by atoms with Crippen molar-refractivity contribution in [3.8, 4) is 0 Å². The van der Waals surface area contributed by atoms with Gasteiger partial charge in [0.25, 0.3) is 0 Å². The highest BCUT2D eigenvalue weighted by molar-refractivity contribution is 5.76. The van der Waals surface area contributed by atoms with E-state index in [0.717, 1.165) is 0 Å². The summed E-state index contributed by atoms with van der Waals surface area (Å²) >= 11 is 0. The van der Waals surface area contributed by atoms with Crippen LogP contribution in [0.25, 0.3) is 0 Å². The quantitative estimate of drug-likeness (QED) is 0.656. The van der Waals surface area contributed by atoms with Gasteiger partial charge in [-0.25, -0.2) is 4.79 Å². The molecule has 2 atom stereocenters. The Morgan fingerprint density at radius 3 is 2.53 bits per heavy atom. The van der Waals surface area contributed by atoms with Gasteiger partial charge in [-0.05, 0) is 33.6 Å². The summed E-state index contributed by atoms with van der Waals surface area (Å²) in [6.45, 7) is 7.15. The first-order valence-electron chi connectivity index (χ1n) is 6.68. The van der Waals surface area contributed by atoms with Crippen molar-refractivity contribution in [1.82, 2.24) is 10.6 Å². The van der Waals surface area contributed by atoms with Gasteiger partial charge in [0.05, 0.1) is 6.10 Å². The predicted molar refractivity (Wildman–Crippen MR) is 70.9 cm³/mol. The van der Waals surface area contributed by atoms with Crippen LogP contribution in [-0.2, 0) is 14.3 Å². The molecule has 0 radical (unpaired) electrons. The molecule has 0 aromatic carbocycles. The average Bonchev–Trinajstić information content (AvgIpc) is 2.73. The summed E-state index contributed by atoms with van der Waals surface area (Å²) < 4.78 is 5.30. The smallest absolute Gasteiger partial charge is 0.332 e. The minimum atomic E-state index is -0.928. The minimum Gasteiger partial charge on any atom is -0.479 e. The lowest BCUT2D eigenvalue weighted by Gasteiger charge is -2.20. The molecule has 1 heterocycles. The molecule has 1 rings (SSSR count). The van der Waals surface area contributed by atoms with Crippen molar-refractivity contribution >= 4 is 11.9 Å². The molecule has 2 unspecified atom stereocenters. The number of hydrogen-bond donors (Lipinski definition) is 3. The number of hydrogen-bond acceptors (Lipinski definition) is 4. The summed E-state index contributed by atoms with van der Waals surface area (Å²) in [7, 11) is 0. The SMILES string of the molecule is CC(C)(C)NCCC(=O)NCC1CCC(C(=O)O)O1. The maximum atomic E-state index is 11.6. The van der Waals surface area contributed by atoms with Crippen LogP contribution >= 0.6 is 0 Å². The van der Waals surface area contributed by atoms with Crippen LogP contribution in [0.2, 0.25) is 0 Å². The zero-order chi connectivity index (χ0) is 14.5. The lowest BCUT2D eigenvalue weighted by molar-refractivity contribution is -0.149. The van der Waals surface area contributed by atoms with Crippen LogP contribution in [0.4, 0.5) is 0 Å². The van der Waals surface area contributed by atoms with E-state index in [1.165, 1.54) is 0 Å². The van der Waals surface area contributed by atoms with Crippen molar-refractivity contribution in [2.45, 2.75) is 57.8 Å². The fraction of sp³-hybridized carbons (Fsp3) is 0.846. The van der Waals surface area contributed by atoms with Gasteiger partial charge in [-0.2, -0.15) is 0 Å². The number of carbonyl (C=O) groups excluding carboxylic acids is 1. The van der Waals surface area contributed by atoms with E-state index in [0.29, 0.717) is 32.4 Å². The van der Waals surface area contributed by atoms with E-state index in [1.807, 2.05) is 20.8 Å². The number of aliphatic carboxylic acids is 1. The van der Waals surface area contributed by atoms with Crippen LogP contribution in [-0.4, -0.2) is 47.8 Å². The largest absolute Gasteiger partial charge is 0.479 e. The number of amides is 1. The first kappa shape index (κ1) is 15.9. The van der Waals surface area contributed by atoms with Crippen molar-refractivity contribution in [2.24, 2.45) is 0 Å². The van der Waals surface area contributed by atoms with E-state index in [1.54, 1.807) is 0 Å². The third-order valence-electron chi connectivity index (χ3n) is 2.92. The Bertz CT molecular complexity index is 325. The Balaban J connectivity index is 2.12. The number of rotatable bonds is 6. The molecule has 1 aliphatic heterocycles. The molecule has 0 spiro atoms. The monoisotopic (exact) mass is 272 g/mol. The van der Waals surface area contributed by atoms with Crippen molar-refractivity contribution in [3.63, 3.8) is 0 Å². The molecule has 1 amide bonds. The molecule has 0 aromatic rings. The van der Waals surface area contributed by atoms with E-state index >= 15 is 0 Å². The van der Waals surface area contributed by atoms with Crippen LogP contribution in [0.15, 0.2) is 0 Å². The molecule has 1 aliphatic rings. The van der Waals surface area contributed by atoms with E-state index in [4.69, 9.17) is 9.84 Å². The number of carboxylic acids is 1. The summed E-state index contributed by atoms with van der Waals surface area (Å²) in [5.41, 5.74) is 0.00352. The lowest BCUT2D eigenvalue weighted by atomic mass is 10.1. The van der Waals surface area contributed by atoms with Crippen LogP contribution in [0.3, 0.4) is 0 Å². The molecule has 0 saturated carbocycles. The molecule has 1 fully saturated rings. The highest BCUT2D eigenvalue weighted by Gasteiger charge is 2.30. The molecule has 19 heavy (non-hydrogen) atoms. The summed E-state index contributed by atoms with van der Waals surface area (Å²) in [5, 5.41) is 14.8. The first-order chi connectivity index (χ1) is 8.78. The predicted octanol–water partition coefficient (Wildman–Crippen LogP) is 0.513. The fourth-order valence-corrected chi connectivity index (χ4v) is 1.90. The van der Waals surface area contributed by atoms with Gasteiger partial charge >= 0.3 is 5.97 Å². The summed E-state index contributed by atoms with van der Waals surface area (Å²) in [5.74, 6) is -0.970. The fourth-order valence-electron chi connectivity index (χ4n) is 1.90. The van der Waals surface area contributed by atoms with Crippen LogP contribution in [0.1, 0.15) is 40.0 Å². The number of nitrogens with one attached hydrogen (secondary N) is 2. The normalized spacial score (nSPS) is 23.3. The van der Waals surface area contributed by atoms with Gasteiger partial charge in [-0.3, -0.25) is 4.79 Å². The minimum absolute atomic E-state index is 0.00352. The van der Waals surface area contributed by atoms with E-state index in [9.17, 15) is 9.59 Å². The van der Waals surface area contributed by atoms with Gasteiger partial charge < -0.3 is 20.5 Å². The van der Waals surface area contributed by atoms with Crippen molar-refractivity contribution < 1.29 is 19.4 Å². The zero-order valence-electron chi connectivity index (χ0n) is 11.9. The second kappa shape index (κ2) is 6.86. The van der Waals surface area contributed by atoms with Gasteiger partial charge in [-0.1, -0.05) is 0 Å². The molecular weight excluding hydrogens is 248 g/mol. The zero-order valence-corrected chi connectivity index (χ0v) is 11.9. The van der Waals surface area contributed by atoms with E-state index in [2.05, 4.69) is 10.6 Å². The van der Waals surface area contributed by atoms with Crippen LogP contribution in [0, 0.1) is 0 Å². The topological polar surface area (TPSA) is 87.7 Å². The number of carbonyl (C=O) groups is 2.